The summed E-state index contributed by atoms with van der Waals surface area (Å²) in [6, 6.07) is 0.368. The van der Waals surface area contributed by atoms with Gasteiger partial charge in [0.05, 0.1) is 0 Å². The average Bonchev–Trinajstić information content (AvgIpc) is 1.79. The van der Waals surface area contributed by atoms with Crippen LogP contribution in [0.3, 0.4) is 0 Å². The predicted molar refractivity (Wildman–Crippen MR) is 56.1 cm³/mol. The van der Waals surface area contributed by atoms with Gasteiger partial charge in [0.25, 0.3) is 0 Å². The molecule has 0 spiro atoms. The molecule has 1 nitrogen and oxygen atoms in total. The summed E-state index contributed by atoms with van der Waals surface area (Å²) < 4.78 is 0. The third kappa shape index (κ3) is 8.06. The summed E-state index contributed by atoms with van der Waals surface area (Å²) in [5, 5.41) is 0. The Morgan fingerprint density at radius 1 is 1.08 bits per heavy atom. The van der Waals surface area contributed by atoms with Gasteiger partial charge in [-0.15, -0.1) is 0 Å². The molecule has 0 bridgehead atoms. The zero-order valence-corrected chi connectivity index (χ0v) is 9.35. The van der Waals surface area contributed by atoms with Crippen LogP contribution in [0.2, 0.25) is 0 Å². The monoisotopic (exact) mass is 171 g/mol. The molecule has 2 atom stereocenters. The van der Waals surface area contributed by atoms with Crippen molar-refractivity contribution in [3.8, 4) is 0 Å². The first-order valence-electron chi connectivity index (χ1n) is 5.07. The second-order valence-corrected chi connectivity index (χ2v) is 5.42. The van der Waals surface area contributed by atoms with Gasteiger partial charge in [0.2, 0.25) is 0 Å². The molecule has 0 rings (SSSR count). The van der Waals surface area contributed by atoms with Crippen LogP contribution in [0.15, 0.2) is 0 Å². The average molecular weight is 171 g/mol. The van der Waals surface area contributed by atoms with E-state index >= 15 is 0 Å². The van der Waals surface area contributed by atoms with Crippen LogP contribution in [0, 0.1) is 11.3 Å². The molecule has 2 N–H and O–H groups in total. The minimum Gasteiger partial charge on any atom is -0.328 e. The molecule has 0 aliphatic heterocycles. The fraction of sp³-hybridized carbons (Fsp3) is 1.00. The van der Waals surface area contributed by atoms with Crippen LogP contribution in [-0.4, -0.2) is 6.04 Å². The van der Waals surface area contributed by atoms with Crippen LogP contribution in [0.25, 0.3) is 0 Å². The Labute approximate surface area is 77.7 Å². The molecule has 74 valence electrons. The van der Waals surface area contributed by atoms with Crippen molar-refractivity contribution in [2.45, 2.75) is 59.9 Å². The van der Waals surface area contributed by atoms with Crippen LogP contribution in [0.5, 0.6) is 0 Å². The molecule has 0 radical (unpaired) electrons. The molecule has 12 heavy (non-hydrogen) atoms. The Kier molecular flexibility index (Phi) is 4.84. The maximum absolute atomic E-state index is 5.70. The van der Waals surface area contributed by atoms with E-state index in [0.29, 0.717) is 11.5 Å². The van der Waals surface area contributed by atoms with Gasteiger partial charge < -0.3 is 5.73 Å². The maximum atomic E-state index is 5.70. The lowest BCUT2D eigenvalue weighted by Gasteiger charge is -2.23. The lowest BCUT2D eigenvalue weighted by molar-refractivity contribution is 0.290. The molecule has 0 heterocycles. The van der Waals surface area contributed by atoms with Gasteiger partial charge in [-0.1, -0.05) is 27.7 Å². The first kappa shape index (κ1) is 12.0. The highest BCUT2D eigenvalue weighted by atomic mass is 14.6. The van der Waals surface area contributed by atoms with E-state index in [2.05, 4.69) is 34.6 Å². The van der Waals surface area contributed by atoms with Crippen LogP contribution >= 0.6 is 0 Å². The fourth-order valence-electron chi connectivity index (χ4n) is 1.69. The topological polar surface area (TPSA) is 26.0 Å². The van der Waals surface area contributed by atoms with Crippen molar-refractivity contribution in [1.82, 2.24) is 0 Å². The summed E-state index contributed by atoms with van der Waals surface area (Å²) in [6.07, 6.45) is 3.74. The van der Waals surface area contributed by atoms with E-state index < -0.39 is 0 Å². The first-order chi connectivity index (χ1) is 5.31. The zero-order chi connectivity index (χ0) is 9.78. The molecule has 0 fully saturated rings. The molecular weight excluding hydrogens is 146 g/mol. The molecule has 0 aromatic rings. The number of rotatable bonds is 4. The molecule has 0 saturated heterocycles. The Hall–Kier alpha value is -0.0400. The largest absolute Gasteiger partial charge is 0.328 e. The van der Waals surface area contributed by atoms with E-state index in [0.717, 1.165) is 12.3 Å². The second kappa shape index (κ2) is 4.86. The van der Waals surface area contributed by atoms with Crippen molar-refractivity contribution >= 4 is 0 Å². The predicted octanol–water partition coefficient (Wildman–Crippen LogP) is 3.19. The van der Waals surface area contributed by atoms with E-state index in [1.807, 2.05) is 0 Å². The zero-order valence-electron chi connectivity index (χ0n) is 9.35. The molecule has 0 amide bonds. The number of hydrogen-bond acceptors (Lipinski definition) is 1. The summed E-state index contributed by atoms with van der Waals surface area (Å²) in [5.41, 5.74) is 6.17. The summed E-state index contributed by atoms with van der Waals surface area (Å²) in [7, 11) is 0. The Bertz CT molecular complexity index is 111. The summed E-state index contributed by atoms with van der Waals surface area (Å²) in [5.74, 6) is 0.816. The highest BCUT2D eigenvalue weighted by Crippen LogP contribution is 2.26. The smallest absolute Gasteiger partial charge is 0.00105 e. The van der Waals surface area contributed by atoms with Crippen LogP contribution in [0.1, 0.15) is 53.9 Å². The van der Waals surface area contributed by atoms with Crippen LogP contribution < -0.4 is 5.73 Å². The lowest BCUT2D eigenvalue weighted by atomic mass is 9.83. The highest BCUT2D eigenvalue weighted by molar-refractivity contribution is 4.67. The molecule has 0 aromatic carbocycles. The Morgan fingerprint density at radius 3 is 1.92 bits per heavy atom. The summed E-state index contributed by atoms with van der Waals surface area (Å²) in [6.45, 7) is 11.3. The molecule has 0 aliphatic carbocycles. The van der Waals surface area contributed by atoms with E-state index in [1.54, 1.807) is 0 Å². The third-order valence-corrected chi connectivity index (χ3v) is 2.08. The van der Waals surface area contributed by atoms with Crippen LogP contribution in [-0.2, 0) is 0 Å². The SMILES string of the molecule is CC(N)CCC(C)CC(C)(C)C. The van der Waals surface area contributed by atoms with Gasteiger partial charge in [0.1, 0.15) is 0 Å². The number of hydrogen-bond donors (Lipinski definition) is 1. The van der Waals surface area contributed by atoms with Gasteiger partial charge in [-0.05, 0) is 37.5 Å². The van der Waals surface area contributed by atoms with Crippen molar-refractivity contribution in [2.24, 2.45) is 17.1 Å². The molecule has 0 saturated carbocycles. The van der Waals surface area contributed by atoms with Crippen molar-refractivity contribution in [2.75, 3.05) is 0 Å². The summed E-state index contributed by atoms with van der Waals surface area (Å²) in [4.78, 5) is 0. The molecule has 0 aromatic heterocycles. The quantitative estimate of drug-likeness (QED) is 0.690. The first-order valence-corrected chi connectivity index (χ1v) is 5.07. The second-order valence-electron chi connectivity index (χ2n) is 5.42. The maximum Gasteiger partial charge on any atom is 0.00105 e. The van der Waals surface area contributed by atoms with Crippen LogP contribution in [0.4, 0.5) is 0 Å². The third-order valence-electron chi connectivity index (χ3n) is 2.08. The molecule has 2 unspecified atom stereocenters. The molecule has 1 heteroatoms. The normalized spacial score (nSPS) is 17.5. The van der Waals surface area contributed by atoms with Gasteiger partial charge in [0, 0.05) is 6.04 Å². The van der Waals surface area contributed by atoms with Crippen molar-refractivity contribution in [3.63, 3.8) is 0 Å². The fourth-order valence-corrected chi connectivity index (χ4v) is 1.69. The lowest BCUT2D eigenvalue weighted by Crippen LogP contribution is -2.17. The van der Waals surface area contributed by atoms with E-state index in [9.17, 15) is 0 Å². The minimum atomic E-state index is 0.368. The Morgan fingerprint density at radius 2 is 1.58 bits per heavy atom. The standard InChI is InChI=1S/C11H25N/c1-9(6-7-10(2)12)8-11(3,4)5/h9-10H,6-8,12H2,1-5H3. The van der Waals surface area contributed by atoms with Crippen molar-refractivity contribution in [3.05, 3.63) is 0 Å². The van der Waals surface area contributed by atoms with Gasteiger partial charge in [-0.25, -0.2) is 0 Å². The van der Waals surface area contributed by atoms with Gasteiger partial charge in [0.15, 0.2) is 0 Å². The molecule has 0 aliphatic rings. The van der Waals surface area contributed by atoms with Gasteiger partial charge >= 0.3 is 0 Å². The minimum absolute atomic E-state index is 0.368. The van der Waals surface area contributed by atoms with Crippen molar-refractivity contribution < 1.29 is 0 Å². The number of nitrogens with two attached hydrogens (primary N) is 1. The van der Waals surface area contributed by atoms with Gasteiger partial charge in [-0.3, -0.25) is 0 Å². The van der Waals surface area contributed by atoms with E-state index in [4.69, 9.17) is 5.73 Å². The summed E-state index contributed by atoms with van der Waals surface area (Å²) >= 11 is 0. The molecular formula is C11H25N. The Balaban J connectivity index is 3.53. The van der Waals surface area contributed by atoms with E-state index in [1.165, 1.54) is 12.8 Å². The highest BCUT2D eigenvalue weighted by Gasteiger charge is 2.15. The van der Waals surface area contributed by atoms with Gasteiger partial charge in [-0.2, -0.15) is 0 Å². The van der Waals surface area contributed by atoms with Crippen molar-refractivity contribution in [1.29, 1.82) is 0 Å². The van der Waals surface area contributed by atoms with E-state index in [-0.39, 0.29) is 0 Å².